The monoisotopic (exact) mass is 251 g/mol. The number of carbonyl (C=O) groups excluding carboxylic acids is 1. The van der Waals surface area contributed by atoms with Gasteiger partial charge in [-0.2, -0.15) is 5.26 Å². The quantitative estimate of drug-likeness (QED) is 0.544. The highest BCUT2D eigenvalue weighted by Crippen LogP contribution is 2.17. The zero-order valence-electron chi connectivity index (χ0n) is 11.6. The van der Waals surface area contributed by atoms with Crippen LogP contribution in [0.1, 0.15) is 19.8 Å². The second-order valence-corrected chi connectivity index (χ2v) is 5.81. The number of likely N-dealkylation sites (N-methyl/N-ethyl adjacent to an activating group) is 1. The van der Waals surface area contributed by atoms with Crippen molar-refractivity contribution in [2.75, 3.05) is 40.3 Å². The van der Waals surface area contributed by atoms with E-state index in [1.807, 2.05) is 4.90 Å². The maximum atomic E-state index is 12.0. The van der Waals surface area contributed by atoms with Gasteiger partial charge in [-0.05, 0) is 20.1 Å². The Morgan fingerprint density at radius 2 is 2.06 bits per heavy atom. The summed E-state index contributed by atoms with van der Waals surface area (Å²) in [4.78, 5) is 17.7. The Labute approximate surface area is 109 Å². The first-order chi connectivity index (χ1) is 8.32. The number of nitriles is 1. The summed E-state index contributed by atoms with van der Waals surface area (Å²) in [6.45, 7) is 8.70. The summed E-state index contributed by atoms with van der Waals surface area (Å²) in [5.74, 6) is 0.125. The fourth-order valence-electron chi connectivity index (χ4n) is 1.93. The summed E-state index contributed by atoms with van der Waals surface area (Å²) in [5, 5.41) is 8.97. The third-order valence-corrected chi connectivity index (χ3v) is 3.72. The van der Waals surface area contributed by atoms with Crippen LogP contribution in [-0.4, -0.2) is 67.8 Å². The van der Waals surface area contributed by atoms with Crippen molar-refractivity contribution in [1.29, 1.82) is 5.26 Å². The Balaban J connectivity index is 2.44. The zero-order chi connectivity index (χ0) is 13.8. The molecule has 0 aromatic carbocycles. The standard InChI is InChI=1S/C13H23N4O/c1-13(11-14,15-2)6-5-12(18)16-7-9-17(3,4)10-8-16/h2,5-10H2,1,3-4H3/q+1. The van der Waals surface area contributed by atoms with Gasteiger partial charge in [0.1, 0.15) is 5.54 Å². The first-order valence-corrected chi connectivity index (χ1v) is 6.31. The lowest BCUT2D eigenvalue weighted by Crippen LogP contribution is -2.56. The number of hydrogen-bond acceptors (Lipinski definition) is 3. The molecule has 1 fully saturated rings. The van der Waals surface area contributed by atoms with Crippen molar-refractivity contribution in [2.45, 2.75) is 25.3 Å². The van der Waals surface area contributed by atoms with Crippen LogP contribution in [0.15, 0.2) is 4.99 Å². The number of aliphatic imine (C=N–C) groups is 1. The molecule has 0 spiro atoms. The Hall–Kier alpha value is -1.41. The molecule has 1 amide bonds. The third kappa shape index (κ3) is 3.81. The highest BCUT2D eigenvalue weighted by atomic mass is 16.2. The van der Waals surface area contributed by atoms with E-state index in [-0.39, 0.29) is 5.91 Å². The summed E-state index contributed by atoms with van der Waals surface area (Å²) in [6, 6.07) is 2.10. The number of quaternary nitrogens is 1. The van der Waals surface area contributed by atoms with Crippen molar-refractivity contribution >= 4 is 12.6 Å². The minimum atomic E-state index is -0.833. The molecule has 1 aliphatic rings. The van der Waals surface area contributed by atoms with E-state index < -0.39 is 5.54 Å². The summed E-state index contributed by atoms with van der Waals surface area (Å²) in [5.41, 5.74) is -0.833. The molecule has 0 aliphatic carbocycles. The highest BCUT2D eigenvalue weighted by molar-refractivity contribution is 5.76. The molecule has 5 nitrogen and oxygen atoms in total. The maximum absolute atomic E-state index is 12.0. The van der Waals surface area contributed by atoms with Crippen LogP contribution >= 0.6 is 0 Å². The number of nitrogens with zero attached hydrogens (tertiary/aromatic N) is 4. The molecule has 0 N–H and O–H groups in total. The molecule has 1 rings (SSSR count). The van der Waals surface area contributed by atoms with Crippen molar-refractivity contribution in [3.8, 4) is 6.07 Å². The van der Waals surface area contributed by atoms with Gasteiger partial charge in [-0.3, -0.25) is 9.79 Å². The minimum Gasteiger partial charge on any atom is -0.331 e. The Kier molecular flexibility index (Phi) is 4.47. The van der Waals surface area contributed by atoms with Crippen molar-refractivity contribution < 1.29 is 9.28 Å². The SMILES string of the molecule is C=NC(C)(C#N)CCC(=O)N1CC[N+](C)(C)CC1. The molecule has 0 radical (unpaired) electrons. The fourth-order valence-corrected chi connectivity index (χ4v) is 1.93. The summed E-state index contributed by atoms with van der Waals surface area (Å²) >= 11 is 0. The average molecular weight is 251 g/mol. The molecule has 1 saturated heterocycles. The molecule has 1 heterocycles. The smallest absolute Gasteiger partial charge is 0.223 e. The van der Waals surface area contributed by atoms with E-state index >= 15 is 0 Å². The van der Waals surface area contributed by atoms with Crippen LogP contribution in [0.3, 0.4) is 0 Å². The van der Waals surface area contributed by atoms with Gasteiger partial charge in [0.15, 0.2) is 0 Å². The molecule has 5 heteroatoms. The summed E-state index contributed by atoms with van der Waals surface area (Å²) in [6.07, 6.45) is 0.817. The van der Waals surface area contributed by atoms with Crippen LogP contribution in [0.25, 0.3) is 0 Å². The molecule has 0 aromatic rings. The molecule has 0 aromatic heterocycles. The van der Waals surface area contributed by atoms with Gasteiger partial charge in [0, 0.05) is 6.42 Å². The normalized spacial score (nSPS) is 21.8. The maximum Gasteiger partial charge on any atom is 0.223 e. The van der Waals surface area contributed by atoms with Crippen LogP contribution in [-0.2, 0) is 4.79 Å². The van der Waals surface area contributed by atoms with E-state index in [2.05, 4.69) is 31.9 Å². The first kappa shape index (κ1) is 14.7. The average Bonchev–Trinajstić information content (AvgIpc) is 2.35. The van der Waals surface area contributed by atoms with E-state index in [4.69, 9.17) is 5.26 Å². The second-order valence-electron chi connectivity index (χ2n) is 5.81. The Bertz CT molecular complexity index is 362. The van der Waals surface area contributed by atoms with E-state index in [0.717, 1.165) is 30.7 Å². The number of piperazine rings is 1. The number of hydrogen-bond donors (Lipinski definition) is 0. The van der Waals surface area contributed by atoms with Crippen molar-refractivity contribution in [1.82, 2.24) is 4.90 Å². The fraction of sp³-hybridized carbons (Fsp3) is 0.769. The molecule has 0 saturated carbocycles. The molecule has 1 unspecified atom stereocenters. The van der Waals surface area contributed by atoms with Crippen LogP contribution in [0.4, 0.5) is 0 Å². The number of rotatable bonds is 4. The third-order valence-electron chi connectivity index (χ3n) is 3.72. The zero-order valence-corrected chi connectivity index (χ0v) is 11.6. The van der Waals surface area contributed by atoms with E-state index in [0.29, 0.717) is 12.8 Å². The predicted molar refractivity (Wildman–Crippen MR) is 71.2 cm³/mol. The van der Waals surface area contributed by atoms with Crippen molar-refractivity contribution in [2.24, 2.45) is 4.99 Å². The van der Waals surface area contributed by atoms with Crippen LogP contribution in [0, 0.1) is 11.3 Å². The minimum absolute atomic E-state index is 0.125. The molecular weight excluding hydrogens is 228 g/mol. The molecule has 18 heavy (non-hydrogen) atoms. The van der Waals surface area contributed by atoms with Gasteiger partial charge >= 0.3 is 0 Å². The van der Waals surface area contributed by atoms with E-state index in [1.165, 1.54) is 0 Å². The van der Waals surface area contributed by atoms with Crippen molar-refractivity contribution in [3.63, 3.8) is 0 Å². The number of amides is 1. The summed E-state index contributed by atoms with van der Waals surface area (Å²) in [7, 11) is 4.35. The molecule has 1 atom stereocenters. The first-order valence-electron chi connectivity index (χ1n) is 6.31. The van der Waals surface area contributed by atoms with Crippen molar-refractivity contribution in [3.05, 3.63) is 0 Å². The van der Waals surface area contributed by atoms with Gasteiger partial charge in [-0.25, -0.2) is 0 Å². The lowest BCUT2D eigenvalue weighted by Gasteiger charge is -2.39. The predicted octanol–water partition coefficient (Wildman–Crippen LogP) is 0.668. The lowest BCUT2D eigenvalue weighted by molar-refractivity contribution is -0.894. The van der Waals surface area contributed by atoms with Crippen LogP contribution in [0.2, 0.25) is 0 Å². The highest BCUT2D eigenvalue weighted by Gasteiger charge is 2.29. The molecule has 100 valence electrons. The van der Waals surface area contributed by atoms with E-state index in [9.17, 15) is 4.79 Å². The Morgan fingerprint density at radius 3 is 2.50 bits per heavy atom. The summed E-state index contributed by atoms with van der Waals surface area (Å²) < 4.78 is 0.966. The van der Waals surface area contributed by atoms with Gasteiger partial charge in [0.2, 0.25) is 5.91 Å². The molecule has 0 bridgehead atoms. The van der Waals surface area contributed by atoms with Crippen LogP contribution in [0.5, 0.6) is 0 Å². The molecule has 1 aliphatic heterocycles. The Morgan fingerprint density at radius 1 is 1.50 bits per heavy atom. The van der Waals surface area contributed by atoms with Crippen LogP contribution < -0.4 is 0 Å². The van der Waals surface area contributed by atoms with Gasteiger partial charge < -0.3 is 9.38 Å². The van der Waals surface area contributed by atoms with E-state index in [1.54, 1.807) is 6.92 Å². The molecular formula is C13H23N4O+. The van der Waals surface area contributed by atoms with Gasteiger partial charge in [0.25, 0.3) is 0 Å². The lowest BCUT2D eigenvalue weighted by atomic mass is 9.98. The second kappa shape index (κ2) is 5.49. The van der Waals surface area contributed by atoms with Gasteiger partial charge in [-0.15, -0.1) is 0 Å². The number of carbonyl (C=O) groups is 1. The van der Waals surface area contributed by atoms with Gasteiger partial charge in [-0.1, -0.05) is 0 Å². The van der Waals surface area contributed by atoms with Gasteiger partial charge in [0.05, 0.1) is 46.3 Å². The topological polar surface area (TPSA) is 56.5 Å². The largest absolute Gasteiger partial charge is 0.331 e.